The van der Waals surface area contributed by atoms with Gasteiger partial charge in [0.25, 0.3) is 0 Å². The fourth-order valence-electron chi connectivity index (χ4n) is 1.16. The van der Waals surface area contributed by atoms with E-state index in [-0.39, 0.29) is 6.04 Å². The SMILES string of the molecule is COc1ccc(C#N)cc1[C@@H](C)N. The molecular formula is C10H12N2O. The largest absolute Gasteiger partial charge is 0.496 e. The molecular weight excluding hydrogens is 164 g/mol. The molecule has 13 heavy (non-hydrogen) atoms. The van der Waals surface area contributed by atoms with Gasteiger partial charge < -0.3 is 10.5 Å². The van der Waals surface area contributed by atoms with E-state index in [1.165, 1.54) is 0 Å². The molecule has 0 aromatic heterocycles. The van der Waals surface area contributed by atoms with Gasteiger partial charge in [-0.3, -0.25) is 0 Å². The molecule has 1 aromatic carbocycles. The second-order valence-corrected chi connectivity index (χ2v) is 2.86. The van der Waals surface area contributed by atoms with Crippen molar-refractivity contribution in [2.45, 2.75) is 13.0 Å². The van der Waals surface area contributed by atoms with Gasteiger partial charge in [-0.05, 0) is 25.1 Å². The highest BCUT2D eigenvalue weighted by molar-refractivity contribution is 5.43. The van der Waals surface area contributed by atoms with Crippen LogP contribution in [-0.2, 0) is 0 Å². The first-order valence-corrected chi connectivity index (χ1v) is 4.02. The molecule has 68 valence electrons. The fourth-order valence-corrected chi connectivity index (χ4v) is 1.16. The molecule has 0 aliphatic carbocycles. The zero-order valence-electron chi connectivity index (χ0n) is 7.74. The Morgan fingerprint density at radius 1 is 1.54 bits per heavy atom. The molecule has 3 heteroatoms. The molecule has 1 aromatic rings. The van der Waals surface area contributed by atoms with Crippen molar-refractivity contribution in [3.8, 4) is 11.8 Å². The summed E-state index contributed by atoms with van der Waals surface area (Å²) in [5.41, 5.74) is 7.19. The van der Waals surface area contributed by atoms with Crippen LogP contribution < -0.4 is 10.5 Å². The van der Waals surface area contributed by atoms with E-state index in [4.69, 9.17) is 15.7 Å². The van der Waals surface area contributed by atoms with Gasteiger partial charge >= 0.3 is 0 Å². The Labute approximate surface area is 77.7 Å². The first-order chi connectivity index (χ1) is 6.19. The molecule has 0 spiro atoms. The Morgan fingerprint density at radius 3 is 2.69 bits per heavy atom. The van der Waals surface area contributed by atoms with Gasteiger partial charge in [0.1, 0.15) is 5.75 Å². The second kappa shape index (κ2) is 3.92. The normalized spacial score (nSPS) is 11.8. The van der Waals surface area contributed by atoms with Crippen LogP contribution in [0.1, 0.15) is 24.1 Å². The molecule has 0 saturated heterocycles. The lowest BCUT2D eigenvalue weighted by atomic mass is 10.1. The fraction of sp³-hybridized carbons (Fsp3) is 0.300. The average Bonchev–Trinajstić information content (AvgIpc) is 2.16. The van der Waals surface area contributed by atoms with Crippen LogP contribution in [0.2, 0.25) is 0 Å². The molecule has 3 nitrogen and oxygen atoms in total. The molecule has 0 fully saturated rings. The van der Waals surface area contributed by atoms with Crippen LogP contribution in [0, 0.1) is 11.3 Å². The molecule has 0 bridgehead atoms. The van der Waals surface area contributed by atoms with Gasteiger partial charge in [0.2, 0.25) is 0 Å². The van der Waals surface area contributed by atoms with Crippen molar-refractivity contribution in [1.29, 1.82) is 5.26 Å². The molecule has 0 unspecified atom stereocenters. The quantitative estimate of drug-likeness (QED) is 0.744. The zero-order chi connectivity index (χ0) is 9.84. The lowest BCUT2D eigenvalue weighted by molar-refractivity contribution is 0.407. The predicted octanol–water partition coefficient (Wildman–Crippen LogP) is 1.59. The van der Waals surface area contributed by atoms with Crippen molar-refractivity contribution < 1.29 is 4.74 Å². The molecule has 0 radical (unpaired) electrons. The third kappa shape index (κ3) is 1.98. The number of rotatable bonds is 2. The summed E-state index contributed by atoms with van der Waals surface area (Å²) in [5, 5.41) is 8.68. The highest BCUT2D eigenvalue weighted by Crippen LogP contribution is 2.24. The van der Waals surface area contributed by atoms with Gasteiger partial charge in [0.05, 0.1) is 18.7 Å². The summed E-state index contributed by atoms with van der Waals surface area (Å²) in [4.78, 5) is 0. The number of methoxy groups -OCH3 is 1. The van der Waals surface area contributed by atoms with Crippen molar-refractivity contribution >= 4 is 0 Å². The van der Waals surface area contributed by atoms with Crippen LogP contribution >= 0.6 is 0 Å². The highest BCUT2D eigenvalue weighted by atomic mass is 16.5. The highest BCUT2D eigenvalue weighted by Gasteiger charge is 2.07. The van der Waals surface area contributed by atoms with E-state index in [0.717, 1.165) is 11.3 Å². The molecule has 0 amide bonds. The van der Waals surface area contributed by atoms with E-state index in [9.17, 15) is 0 Å². The summed E-state index contributed by atoms with van der Waals surface area (Å²) < 4.78 is 5.12. The number of ether oxygens (including phenoxy) is 1. The molecule has 0 saturated carbocycles. The van der Waals surface area contributed by atoms with Gasteiger partial charge in [-0.1, -0.05) is 0 Å². The molecule has 0 aliphatic rings. The van der Waals surface area contributed by atoms with E-state index in [0.29, 0.717) is 5.56 Å². The minimum Gasteiger partial charge on any atom is -0.496 e. The molecule has 1 atom stereocenters. The van der Waals surface area contributed by atoms with Crippen molar-refractivity contribution in [3.05, 3.63) is 29.3 Å². The third-order valence-electron chi connectivity index (χ3n) is 1.85. The van der Waals surface area contributed by atoms with Crippen molar-refractivity contribution in [1.82, 2.24) is 0 Å². The Kier molecular flexibility index (Phi) is 2.88. The average molecular weight is 176 g/mol. The summed E-state index contributed by atoms with van der Waals surface area (Å²) in [7, 11) is 1.59. The van der Waals surface area contributed by atoms with Crippen LogP contribution in [-0.4, -0.2) is 7.11 Å². The number of nitrogens with two attached hydrogens (primary N) is 1. The summed E-state index contributed by atoms with van der Waals surface area (Å²) in [6.07, 6.45) is 0. The van der Waals surface area contributed by atoms with Crippen LogP contribution in [0.15, 0.2) is 18.2 Å². The lowest BCUT2D eigenvalue weighted by Gasteiger charge is -2.11. The van der Waals surface area contributed by atoms with E-state index in [2.05, 4.69) is 6.07 Å². The number of nitriles is 1. The molecule has 2 N–H and O–H groups in total. The van der Waals surface area contributed by atoms with Crippen LogP contribution in [0.3, 0.4) is 0 Å². The maximum Gasteiger partial charge on any atom is 0.123 e. The second-order valence-electron chi connectivity index (χ2n) is 2.86. The van der Waals surface area contributed by atoms with Crippen LogP contribution in [0.25, 0.3) is 0 Å². The Bertz CT molecular complexity index is 339. The molecule has 0 heterocycles. The van der Waals surface area contributed by atoms with Crippen molar-refractivity contribution in [2.24, 2.45) is 5.73 Å². The van der Waals surface area contributed by atoms with E-state index in [1.807, 2.05) is 6.92 Å². The van der Waals surface area contributed by atoms with Crippen LogP contribution in [0.5, 0.6) is 5.75 Å². The molecule has 0 aliphatic heterocycles. The third-order valence-corrected chi connectivity index (χ3v) is 1.85. The van der Waals surface area contributed by atoms with Gasteiger partial charge in [-0.15, -0.1) is 0 Å². The minimum atomic E-state index is -0.122. The van der Waals surface area contributed by atoms with E-state index in [1.54, 1.807) is 25.3 Å². The first-order valence-electron chi connectivity index (χ1n) is 4.02. The predicted molar refractivity (Wildman–Crippen MR) is 50.3 cm³/mol. The first kappa shape index (κ1) is 9.56. The van der Waals surface area contributed by atoms with Gasteiger partial charge in [-0.25, -0.2) is 0 Å². The standard InChI is InChI=1S/C10H12N2O/c1-7(12)9-5-8(6-11)3-4-10(9)13-2/h3-5,7H,12H2,1-2H3/t7-/m1/s1. The van der Waals surface area contributed by atoms with E-state index >= 15 is 0 Å². The number of nitrogens with zero attached hydrogens (tertiary/aromatic N) is 1. The Hall–Kier alpha value is -1.53. The Morgan fingerprint density at radius 2 is 2.23 bits per heavy atom. The maximum absolute atomic E-state index is 8.68. The molecule has 1 rings (SSSR count). The minimum absolute atomic E-state index is 0.122. The monoisotopic (exact) mass is 176 g/mol. The number of hydrogen-bond acceptors (Lipinski definition) is 3. The zero-order valence-corrected chi connectivity index (χ0v) is 7.74. The number of benzene rings is 1. The lowest BCUT2D eigenvalue weighted by Crippen LogP contribution is -2.07. The topological polar surface area (TPSA) is 59.0 Å². The summed E-state index contributed by atoms with van der Waals surface area (Å²) in [6.45, 7) is 1.86. The van der Waals surface area contributed by atoms with Crippen LogP contribution in [0.4, 0.5) is 0 Å². The van der Waals surface area contributed by atoms with E-state index < -0.39 is 0 Å². The smallest absolute Gasteiger partial charge is 0.123 e. The maximum atomic E-state index is 8.68. The van der Waals surface area contributed by atoms with Gasteiger partial charge in [0.15, 0.2) is 0 Å². The Balaban J connectivity index is 3.20. The van der Waals surface area contributed by atoms with Gasteiger partial charge in [-0.2, -0.15) is 5.26 Å². The summed E-state index contributed by atoms with van der Waals surface area (Å²) in [5.74, 6) is 0.731. The summed E-state index contributed by atoms with van der Waals surface area (Å²) >= 11 is 0. The number of hydrogen-bond donors (Lipinski definition) is 1. The van der Waals surface area contributed by atoms with Crippen molar-refractivity contribution in [2.75, 3.05) is 7.11 Å². The van der Waals surface area contributed by atoms with Gasteiger partial charge in [0, 0.05) is 11.6 Å². The summed E-state index contributed by atoms with van der Waals surface area (Å²) in [6, 6.07) is 7.17. The van der Waals surface area contributed by atoms with Crippen molar-refractivity contribution in [3.63, 3.8) is 0 Å².